The third kappa shape index (κ3) is 6.57. The second-order valence-electron chi connectivity index (χ2n) is 6.68. The number of alkyl carbamates (subject to hydrolysis) is 1. The number of aryl methyl sites for hydroxylation is 1. The van der Waals surface area contributed by atoms with Gasteiger partial charge in [-0.2, -0.15) is 0 Å². The standard InChI is InChI=1S/C16H26N2O2/c1-12-7-6-8-13(9-12)10-16(5,17)11-18-14(19)20-15(2,3)4/h6-9H,10-11,17H2,1-5H3,(H,18,19). The number of benzene rings is 1. The second-order valence-corrected chi connectivity index (χ2v) is 6.68. The minimum absolute atomic E-state index is 0.371. The molecule has 0 aliphatic rings. The summed E-state index contributed by atoms with van der Waals surface area (Å²) in [5.74, 6) is 0. The van der Waals surface area contributed by atoms with Crippen molar-refractivity contribution in [1.29, 1.82) is 0 Å². The molecule has 1 unspecified atom stereocenters. The number of hydrogen-bond acceptors (Lipinski definition) is 3. The van der Waals surface area contributed by atoms with Gasteiger partial charge in [0.15, 0.2) is 0 Å². The monoisotopic (exact) mass is 278 g/mol. The van der Waals surface area contributed by atoms with E-state index >= 15 is 0 Å². The molecule has 1 aromatic rings. The number of nitrogens with two attached hydrogens (primary N) is 1. The van der Waals surface area contributed by atoms with Crippen LogP contribution in [0, 0.1) is 6.92 Å². The first-order valence-corrected chi connectivity index (χ1v) is 6.89. The fourth-order valence-corrected chi connectivity index (χ4v) is 1.94. The Bertz CT molecular complexity index is 462. The van der Waals surface area contributed by atoms with Crippen LogP contribution in [0.5, 0.6) is 0 Å². The maximum Gasteiger partial charge on any atom is 0.407 e. The van der Waals surface area contributed by atoms with E-state index < -0.39 is 17.2 Å². The molecule has 0 spiro atoms. The van der Waals surface area contributed by atoms with Gasteiger partial charge in [0.2, 0.25) is 0 Å². The first kappa shape index (κ1) is 16.5. The molecule has 0 aliphatic carbocycles. The van der Waals surface area contributed by atoms with E-state index in [-0.39, 0.29) is 0 Å². The van der Waals surface area contributed by atoms with Crippen molar-refractivity contribution in [2.24, 2.45) is 5.73 Å². The summed E-state index contributed by atoms with van der Waals surface area (Å²) >= 11 is 0. The van der Waals surface area contributed by atoms with Crippen molar-refractivity contribution in [3.05, 3.63) is 35.4 Å². The second kappa shape index (κ2) is 6.27. The Morgan fingerprint density at radius 1 is 1.30 bits per heavy atom. The summed E-state index contributed by atoms with van der Waals surface area (Å²) in [5.41, 5.74) is 7.61. The highest BCUT2D eigenvalue weighted by Gasteiger charge is 2.22. The van der Waals surface area contributed by atoms with Crippen LogP contribution in [0.25, 0.3) is 0 Å². The van der Waals surface area contributed by atoms with Crippen molar-refractivity contribution in [2.45, 2.75) is 52.2 Å². The number of carbonyl (C=O) groups excluding carboxylic acids is 1. The fraction of sp³-hybridized carbons (Fsp3) is 0.562. The van der Waals surface area contributed by atoms with E-state index in [1.54, 1.807) is 0 Å². The van der Waals surface area contributed by atoms with Crippen LogP contribution in [0.15, 0.2) is 24.3 Å². The molecule has 1 rings (SSSR count). The summed E-state index contributed by atoms with van der Waals surface area (Å²) in [5, 5.41) is 2.73. The van der Waals surface area contributed by atoms with Gasteiger partial charge in [-0.25, -0.2) is 4.79 Å². The first-order valence-electron chi connectivity index (χ1n) is 6.89. The van der Waals surface area contributed by atoms with Crippen molar-refractivity contribution >= 4 is 6.09 Å². The van der Waals surface area contributed by atoms with Gasteiger partial charge in [0, 0.05) is 12.1 Å². The summed E-state index contributed by atoms with van der Waals surface area (Å²) in [7, 11) is 0. The highest BCUT2D eigenvalue weighted by Crippen LogP contribution is 2.12. The average molecular weight is 278 g/mol. The summed E-state index contributed by atoms with van der Waals surface area (Å²) in [6, 6.07) is 8.22. The Balaban J connectivity index is 2.51. The molecule has 3 N–H and O–H groups in total. The van der Waals surface area contributed by atoms with Crippen molar-refractivity contribution in [2.75, 3.05) is 6.54 Å². The predicted octanol–water partition coefficient (Wildman–Crippen LogP) is 2.78. The van der Waals surface area contributed by atoms with Gasteiger partial charge in [-0.1, -0.05) is 29.8 Å². The molecule has 1 atom stereocenters. The lowest BCUT2D eigenvalue weighted by Crippen LogP contribution is -2.50. The van der Waals surface area contributed by atoms with Gasteiger partial charge >= 0.3 is 6.09 Å². The highest BCUT2D eigenvalue weighted by atomic mass is 16.6. The molecule has 0 saturated carbocycles. The van der Waals surface area contributed by atoms with Crippen LogP contribution in [0.3, 0.4) is 0 Å². The molecular formula is C16H26N2O2. The molecule has 0 radical (unpaired) electrons. The van der Waals surface area contributed by atoms with E-state index in [1.165, 1.54) is 11.1 Å². The topological polar surface area (TPSA) is 64.3 Å². The molecule has 0 saturated heterocycles. The maximum atomic E-state index is 11.6. The van der Waals surface area contributed by atoms with Crippen LogP contribution in [0.2, 0.25) is 0 Å². The zero-order valence-corrected chi connectivity index (χ0v) is 13.1. The summed E-state index contributed by atoms with van der Waals surface area (Å²) < 4.78 is 5.20. The minimum atomic E-state index is -0.509. The number of carbonyl (C=O) groups is 1. The molecule has 4 nitrogen and oxygen atoms in total. The van der Waals surface area contributed by atoms with Crippen LogP contribution in [0.1, 0.15) is 38.8 Å². The van der Waals surface area contributed by atoms with E-state index in [9.17, 15) is 4.79 Å². The molecular weight excluding hydrogens is 252 g/mol. The van der Waals surface area contributed by atoms with E-state index in [0.717, 1.165) is 0 Å². The largest absolute Gasteiger partial charge is 0.444 e. The molecule has 1 amide bonds. The SMILES string of the molecule is Cc1cccc(CC(C)(N)CNC(=O)OC(C)(C)C)c1. The van der Waals surface area contributed by atoms with Gasteiger partial charge < -0.3 is 15.8 Å². The summed E-state index contributed by atoms with van der Waals surface area (Å²) in [6.45, 7) is 9.85. The van der Waals surface area contributed by atoms with Crippen LogP contribution in [-0.2, 0) is 11.2 Å². The molecule has 20 heavy (non-hydrogen) atoms. The number of ether oxygens (including phenoxy) is 1. The number of rotatable bonds is 4. The Hall–Kier alpha value is -1.55. The van der Waals surface area contributed by atoms with Crippen LogP contribution in [0.4, 0.5) is 4.79 Å². The predicted molar refractivity (Wildman–Crippen MR) is 81.7 cm³/mol. The number of amides is 1. The van der Waals surface area contributed by atoms with Crippen LogP contribution >= 0.6 is 0 Å². The molecule has 112 valence electrons. The average Bonchev–Trinajstić information content (AvgIpc) is 2.23. The maximum absolute atomic E-state index is 11.6. The zero-order chi connectivity index (χ0) is 15.4. The highest BCUT2D eigenvalue weighted by molar-refractivity contribution is 5.67. The molecule has 0 aliphatic heterocycles. The first-order chi connectivity index (χ1) is 9.07. The van der Waals surface area contributed by atoms with Crippen molar-refractivity contribution in [3.63, 3.8) is 0 Å². The Morgan fingerprint density at radius 3 is 2.50 bits per heavy atom. The van der Waals surface area contributed by atoms with Crippen molar-refractivity contribution < 1.29 is 9.53 Å². The third-order valence-electron chi connectivity index (χ3n) is 2.73. The fourth-order valence-electron chi connectivity index (χ4n) is 1.94. The Kier molecular flexibility index (Phi) is 5.17. The van der Waals surface area contributed by atoms with E-state index in [2.05, 4.69) is 24.4 Å². The van der Waals surface area contributed by atoms with E-state index in [1.807, 2.05) is 39.8 Å². The zero-order valence-electron chi connectivity index (χ0n) is 13.1. The molecule has 0 fully saturated rings. The molecule has 0 aromatic heterocycles. The van der Waals surface area contributed by atoms with E-state index in [4.69, 9.17) is 10.5 Å². The molecule has 1 aromatic carbocycles. The van der Waals surface area contributed by atoms with Gasteiger partial charge in [-0.05, 0) is 46.6 Å². The Morgan fingerprint density at radius 2 is 1.95 bits per heavy atom. The van der Waals surface area contributed by atoms with Crippen molar-refractivity contribution in [3.8, 4) is 0 Å². The minimum Gasteiger partial charge on any atom is -0.444 e. The van der Waals surface area contributed by atoms with E-state index in [0.29, 0.717) is 13.0 Å². The molecule has 0 heterocycles. The summed E-state index contributed by atoms with van der Waals surface area (Å²) in [4.78, 5) is 11.6. The van der Waals surface area contributed by atoms with Crippen LogP contribution < -0.4 is 11.1 Å². The molecule has 0 bridgehead atoms. The molecule has 4 heteroatoms. The summed E-state index contributed by atoms with van der Waals surface area (Å²) in [6.07, 6.45) is 0.267. The lowest BCUT2D eigenvalue weighted by molar-refractivity contribution is 0.0516. The lowest BCUT2D eigenvalue weighted by Gasteiger charge is -2.26. The van der Waals surface area contributed by atoms with Crippen molar-refractivity contribution in [1.82, 2.24) is 5.32 Å². The third-order valence-corrected chi connectivity index (χ3v) is 2.73. The van der Waals surface area contributed by atoms with Gasteiger partial charge in [-0.15, -0.1) is 0 Å². The quantitative estimate of drug-likeness (QED) is 0.890. The lowest BCUT2D eigenvalue weighted by atomic mass is 9.93. The smallest absolute Gasteiger partial charge is 0.407 e. The Labute approximate surface area is 121 Å². The normalized spacial score (nSPS) is 14.5. The van der Waals surface area contributed by atoms with Gasteiger partial charge in [-0.3, -0.25) is 0 Å². The number of hydrogen-bond donors (Lipinski definition) is 2. The van der Waals surface area contributed by atoms with Gasteiger partial charge in [0.05, 0.1) is 0 Å². The number of nitrogens with one attached hydrogen (secondary N) is 1. The van der Waals surface area contributed by atoms with Gasteiger partial charge in [0.1, 0.15) is 5.60 Å². The van der Waals surface area contributed by atoms with Gasteiger partial charge in [0.25, 0.3) is 0 Å². The van der Waals surface area contributed by atoms with Crippen LogP contribution in [-0.4, -0.2) is 23.8 Å².